The lowest BCUT2D eigenvalue weighted by Gasteiger charge is -2.41. The van der Waals surface area contributed by atoms with Gasteiger partial charge in [-0.05, 0) is 42.9 Å². The van der Waals surface area contributed by atoms with Crippen LogP contribution in [-0.4, -0.2) is 59.8 Å². The van der Waals surface area contributed by atoms with Crippen LogP contribution in [0.1, 0.15) is 23.2 Å². The number of nitrogens with zero attached hydrogens (tertiary/aromatic N) is 6. The van der Waals surface area contributed by atoms with E-state index in [4.69, 9.17) is 15.0 Å². The summed E-state index contributed by atoms with van der Waals surface area (Å²) in [5.41, 5.74) is 4.69. The lowest BCUT2D eigenvalue weighted by atomic mass is 10.0. The van der Waals surface area contributed by atoms with Gasteiger partial charge in [-0.1, -0.05) is 36.9 Å². The van der Waals surface area contributed by atoms with E-state index in [2.05, 4.69) is 64.7 Å². The molecule has 1 amide bonds. The van der Waals surface area contributed by atoms with Crippen LogP contribution in [0.2, 0.25) is 0 Å². The van der Waals surface area contributed by atoms with Crippen LogP contribution in [0.3, 0.4) is 0 Å². The van der Waals surface area contributed by atoms with E-state index in [0.29, 0.717) is 26.2 Å². The van der Waals surface area contributed by atoms with Crippen molar-refractivity contribution in [2.75, 3.05) is 42.6 Å². The topological polar surface area (TPSA) is 85.6 Å². The molecular weight excluding hydrogens is 452 g/mol. The Bertz CT molecular complexity index is 1330. The van der Waals surface area contributed by atoms with Gasteiger partial charge in [-0.2, -0.15) is 5.26 Å². The number of nitriles is 1. The van der Waals surface area contributed by atoms with Crippen molar-refractivity contribution >= 4 is 28.2 Å². The fourth-order valence-corrected chi connectivity index (χ4v) is 5.37. The Morgan fingerprint density at radius 3 is 2.83 bits per heavy atom. The summed E-state index contributed by atoms with van der Waals surface area (Å²) in [6, 6.07) is 14.9. The fourth-order valence-electron chi connectivity index (χ4n) is 5.37. The maximum Gasteiger partial charge on any atom is 0.248 e. The lowest BCUT2D eigenvalue weighted by Crippen LogP contribution is -2.56. The zero-order chi connectivity index (χ0) is 25.1. The number of aryl methyl sites for hydroxylation is 1. The van der Waals surface area contributed by atoms with E-state index in [1.807, 2.05) is 6.07 Å². The Balaban J connectivity index is 1.44. The molecule has 184 valence electrons. The molecule has 0 spiro atoms. The van der Waals surface area contributed by atoms with E-state index in [1.165, 1.54) is 28.1 Å². The van der Waals surface area contributed by atoms with Gasteiger partial charge in [0, 0.05) is 36.3 Å². The molecule has 0 N–H and O–H groups in total. The largest absolute Gasteiger partial charge is 0.365 e. The van der Waals surface area contributed by atoms with E-state index in [1.54, 1.807) is 11.2 Å². The first-order valence-corrected chi connectivity index (χ1v) is 12.3. The molecule has 1 saturated heterocycles. The third-order valence-corrected chi connectivity index (χ3v) is 7.07. The number of ether oxygens (including phenoxy) is 1. The zero-order valence-electron chi connectivity index (χ0n) is 20.6. The molecule has 3 aromatic rings. The van der Waals surface area contributed by atoms with Crippen LogP contribution in [-0.2, 0) is 22.5 Å². The molecule has 1 atom stereocenters. The van der Waals surface area contributed by atoms with Crippen LogP contribution in [0.25, 0.3) is 10.8 Å². The van der Waals surface area contributed by atoms with E-state index in [9.17, 15) is 4.79 Å². The summed E-state index contributed by atoms with van der Waals surface area (Å²) in [6.07, 6.45) is 4.26. The Morgan fingerprint density at radius 2 is 2.03 bits per heavy atom. The molecule has 0 aliphatic carbocycles. The Kier molecular flexibility index (Phi) is 6.83. The van der Waals surface area contributed by atoms with E-state index in [-0.39, 0.29) is 12.5 Å². The van der Waals surface area contributed by atoms with Crippen LogP contribution in [0, 0.1) is 18.3 Å². The quantitative estimate of drug-likeness (QED) is 0.514. The van der Waals surface area contributed by atoms with Crippen LogP contribution in [0.4, 0.5) is 11.5 Å². The number of anilines is 2. The number of amides is 1. The Labute approximate surface area is 211 Å². The van der Waals surface area contributed by atoms with Gasteiger partial charge in [-0.25, -0.2) is 9.97 Å². The van der Waals surface area contributed by atoms with Gasteiger partial charge in [-0.3, -0.25) is 4.79 Å². The van der Waals surface area contributed by atoms with Crippen molar-refractivity contribution in [3.63, 3.8) is 0 Å². The number of hydrogen-bond acceptors (Lipinski definition) is 7. The summed E-state index contributed by atoms with van der Waals surface area (Å²) in [6.45, 7) is 8.87. The first kappa shape index (κ1) is 23.8. The highest BCUT2D eigenvalue weighted by atomic mass is 16.5. The normalized spacial score (nSPS) is 17.9. The number of carbonyl (C=O) groups excluding carboxylic acids is 1. The van der Waals surface area contributed by atoms with Gasteiger partial charge in [0.05, 0.1) is 24.9 Å². The number of carbonyl (C=O) groups is 1. The van der Waals surface area contributed by atoms with Gasteiger partial charge in [0.15, 0.2) is 6.23 Å². The Hall–Kier alpha value is -3.96. The van der Waals surface area contributed by atoms with Gasteiger partial charge in [-0.15, -0.1) is 0 Å². The minimum atomic E-state index is -0.532. The predicted octanol–water partition coefficient (Wildman–Crippen LogP) is 3.59. The summed E-state index contributed by atoms with van der Waals surface area (Å²) in [4.78, 5) is 27.9. The summed E-state index contributed by atoms with van der Waals surface area (Å²) in [5, 5.41) is 11.6. The first-order chi connectivity index (χ1) is 17.6. The summed E-state index contributed by atoms with van der Waals surface area (Å²) < 4.78 is 5.72. The monoisotopic (exact) mass is 482 g/mol. The van der Waals surface area contributed by atoms with Crippen molar-refractivity contribution in [1.29, 1.82) is 5.26 Å². The molecule has 2 aromatic carbocycles. The van der Waals surface area contributed by atoms with Crippen molar-refractivity contribution in [3.05, 3.63) is 72.2 Å². The minimum absolute atomic E-state index is 0.0826. The fraction of sp³-hybridized carbons (Fsp3) is 0.357. The second-order valence-corrected chi connectivity index (χ2v) is 9.20. The summed E-state index contributed by atoms with van der Waals surface area (Å²) in [7, 11) is 0. The van der Waals surface area contributed by atoms with Crippen molar-refractivity contribution < 1.29 is 9.53 Å². The maximum atomic E-state index is 12.3. The summed E-state index contributed by atoms with van der Waals surface area (Å²) >= 11 is 0. The molecule has 0 radical (unpaired) electrons. The van der Waals surface area contributed by atoms with Gasteiger partial charge in [0.2, 0.25) is 5.91 Å². The average molecular weight is 483 g/mol. The predicted molar refractivity (Wildman–Crippen MR) is 140 cm³/mol. The molecule has 1 fully saturated rings. The number of rotatable bonds is 5. The van der Waals surface area contributed by atoms with Gasteiger partial charge in [0.25, 0.3) is 0 Å². The van der Waals surface area contributed by atoms with Gasteiger partial charge in [0.1, 0.15) is 18.8 Å². The van der Waals surface area contributed by atoms with Gasteiger partial charge < -0.3 is 19.4 Å². The second-order valence-electron chi connectivity index (χ2n) is 9.20. The molecule has 8 heteroatoms. The number of hydrogen-bond donors (Lipinski definition) is 0. The highest BCUT2D eigenvalue weighted by Gasteiger charge is 2.32. The molecule has 0 bridgehead atoms. The third kappa shape index (κ3) is 4.50. The standard InChI is InChI=1S/C28H30N6O2/c1-3-25(35)34-15-14-33(18-26(34)36-16-12-29)28-22-10-6-13-32(17-23(22)30-19-31-28)24-11-5-9-21-8-4-7-20(2)27(21)24/h3-5,7-9,11,19,26H,1,6,10,13-18H2,2H3. The van der Waals surface area contributed by atoms with Crippen LogP contribution in [0.5, 0.6) is 0 Å². The SMILES string of the molecule is C=CC(=O)N1CCN(c2ncnc3c2CCCN(c2cccc4cccc(C)c24)C3)CC1OCC#N. The molecule has 1 aromatic heterocycles. The third-order valence-electron chi connectivity index (χ3n) is 7.07. The lowest BCUT2D eigenvalue weighted by molar-refractivity contribution is -0.140. The number of aromatic nitrogens is 2. The van der Waals surface area contributed by atoms with Crippen LogP contribution < -0.4 is 9.80 Å². The van der Waals surface area contributed by atoms with Crippen molar-refractivity contribution in [1.82, 2.24) is 14.9 Å². The molecule has 1 unspecified atom stereocenters. The molecule has 5 rings (SSSR count). The van der Waals surface area contributed by atoms with Crippen molar-refractivity contribution in [2.45, 2.75) is 32.5 Å². The Morgan fingerprint density at radius 1 is 1.19 bits per heavy atom. The summed E-state index contributed by atoms with van der Waals surface area (Å²) in [5.74, 6) is 0.701. The molecule has 0 saturated carbocycles. The molecule has 2 aliphatic heterocycles. The maximum absolute atomic E-state index is 12.3. The first-order valence-electron chi connectivity index (χ1n) is 12.3. The highest BCUT2D eigenvalue weighted by molar-refractivity contribution is 5.97. The van der Waals surface area contributed by atoms with Crippen molar-refractivity contribution in [3.8, 4) is 6.07 Å². The van der Waals surface area contributed by atoms with Crippen LogP contribution in [0.15, 0.2) is 55.4 Å². The number of piperazine rings is 1. The highest BCUT2D eigenvalue weighted by Crippen LogP contribution is 2.34. The minimum Gasteiger partial charge on any atom is -0.365 e. The van der Waals surface area contributed by atoms with Crippen LogP contribution >= 0.6 is 0 Å². The zero-order valence-corrected chi connectivity index (χ0v) is 20.6. The van der Waals surface area contributed by atoms with E-state index >= 15 is 0 Å². The number of fused-ring (bicyclic) bond motifs is 2. The molecular formula is C28H30N6O2. The molecule has 36 heavy (non-hydrogen) atoms. The molecule has 8 nitrogen and oxygen atoms in total. The van der Waals surface area contributed by atoms with E-state index in [0.717, 1.165) is 36.5 Å². The molecule has 2 aliphatic rings. The molecule has 3 heterocycles. The van der Waals surface area contributed by atoms with E-state index < -0.39 is 6.23 Å². The van der Waals surface area contributed by atoms with Crippen molar-refractivity contribution in [2.24, 2.45) is 0 Å². The number of benzene rings is 2. The average Bonchev–Trinajstić information content (AvgIpc) is 3.14. The van der Waals surface area contributed by atoms with Gasteiger partial charge >= 0.3 is 0 Å². The second kappa shape index (κ2) is 10.3. The smallest absolute Gasteiger partial charge is 0.248 e.